The maximum absolute atomic E-state index is 5.74. The van der Waals surface area contributed by atoms with Crippen molar-refractivity contribution in [1.29, 1.82) is 0 Å². The summed E-state index contributed by atoms with van der Waals surface area (Å²) in [6, 6.07) is 11.9. The van der Waals surface area contributed by atoms with Crippen molar-refractivity contribution in [1.82, 2.24) is 4.98 Å². The van der Waals surface area contributed by atoms with Crippen molar-refractivity contribution in [2.75, 3.05) is 5.73 Å². The second-order valence-corrected chi connectivity index (χ2v) is 3.83. The number of aryl methyl sites for hydroxylation is 1. The van der Waals surface area contributed by atoms with Gasteiger partial charge in [0.15, 0.2) is 0 Å². The van der Waals surface area contributed by atoms with E-state index in [1.807, 2.05) is 24.3 Å². The second-order valence-electron chi connectivity index (χ2n) is 3.83. The number of ether oxygens (including phenoxy) is 1. The van der Waals surface area contributed by atoms with Gasteiger partial charge >= 0.3 is 0 Å². The van der Waals surface area contributed by atoms with Gasteiger partial charge in [-0.2, -0.15) is 0 Å². The van der Waals surface area contributed by atoms with E-state index in [0.29, 0.717) is 12.4 Å². The van der Waals surface area contributed by atoms with Gasteiger partial charge in [-0.1, -0.05) is 25.1 Å². The highest BCUT2D eigenvalue weighted by Crippen LogP contribution is 2.16. The topological polar surface area (TPSA) is 48.1 Å². The molecular weight excluding hydrogens is 212 g/mol. The summed E-state index contributed by atoms with van der Waals surface area (Å²) in [6.45, 7) is 2.58. The van der Waals surface area contributed by atoms with E-state index in [1.165, 1.54) is 5.56 Å². The summed E-state index contributed by atoms with van der Waals surface area (Å²) in [7, 11) is 0. The van der Waals surface area contributed by atoms with Crippen LogP contribution in [0.25, 0.3) is 0 Å². The van der Waals surface area contributed by atoms with E-state index in [4.69, 9.17) is 10.5 Å². The molecule has 0 spiro atoms. The molecule has 2 aromatic rings. The van der Waals surface area contributed by atoms with Crippen molar-refractivity contribution in [2.24, 2.45) is 0 Å². The number of nitrogens with two attached hydrogens (primary N) is 1. The third kappa shape index (κ3) is 2.97. The highest BCUT2D eigenvalue weighted by Gasteiger charge is 2.00. The normalized spacial score (nSPS) is 10.2. The van der Waals surface area contributed by atoms with Gasteiger partial charge in [-0.05, 0) is 30.2 Å². The zero-order valence-electron chi connectivity index (χ0n) is 9.89. The number of nitrogen functional groups attached to an aromatic ring is 1. The van der Waals surface area contributed by atoms with Crippen LogP contribution in [0.15, 0.2) is 42.6 Å². The Hall–Kier alpha value is -2.03. The molecule has 2 N–H and O–H groups in total. The molecule has 0 atom stereocenters. The Morgan fingerprint density at radius 2 is 1.94 bits per heavy atom. The van der Waals surface area contributed by atoms with Crippen molar-refractivity contribution >= 4 is 5.82 Å². The molecule has 0 aliphatic carbocycles. The number of benzene rings is 1. The van der Waals surface area contributed by atoms with Crippen molar-refractivity contribution in [3.63, 3.8) is 0 Å². The predicted octanol–water partition coefficient (Wildman–Crippen LogP) is 2.81. The van der Waals surface area contributed by atoms with Crippen molar-refractivity contribution in [2.45, 2.75) is 20.0 Å². The van der Waals surface area contributed by atoms with Crippen LogP contribution in [0, 0.1) is 0 Å². The van der Waals surface area contributed by atoms with Crippen LogP contribution in [0.3, 0.4) is 0 Å². The quantitative estimate of drug-likeness (QED) is 0.875. The first-order valence-electron chi connectivity index (χ1n) is 5.70. The van der Waals surface area contributed by atoms with Crippen molar-refractivity contribution in [3.8, 4) is 5.75 Å². The van der Waals surface area contributed by atoms with Crippen LogP contribution in [0.1, 0.15) is 18.1 Å². The molecular formula is C14H16N2O. The molecule has 0 unspecified atom stereocenters. The minimum Gasteiger partial charge on any atom is -0.489 e. The zero-order chi connectivity index (χ0) is 12.1. The molecule has 0 aliphatic heterocycles. The monoisotopic (exact) mass is 228 g/mol. The van der Waals surface area contributed by atoms with Gasteiger partial charge in [0.1, 0.15) is 18.2 Å². The van der Waals surface area contributed by atoms with Crippen molar-refractivity contribution < 1.29 is 4.74 Å². The maximum atomic E-state index is 5.74. The smallest absolute Gasteiger partial charge is 0.129 e. The van der Waals surface area contributed by atoms with Crippen LogP contribution in [0.5, 0.6) is 5.75 Å². The summed E-state index contributed by atoms with van der Waals surface area (Å²) in [6.07, 6.45) is 2.71. The maximum Gasteiger partial charge on any atom is 0.129 e. The molecule has 88 valence electrons. The average molecular weight is 228 g/mol. The minimum absolute atomic E-state index is 0.450. The molecule has 2 rings (SSSR count). The molecule has 1 aromatic heterocycles. The number of rotatable bonds is 4. The Morgan fingerprint density at radius 1 is 1.18 bits per heavy atom. The van der Waals surface area contributed by atoms with Gasteiger partial charge in [0.2, 0.25) is 0 Å². The Bertz CT molecular complexity index is 480. The molecule has 1 heterocycles. The first-order chi connectivity index (χ1) is 8.29. The lowest BCUT2D eigenvalue weighted by Gasteiger charge is -2.08. The fourth-order valence-electron chi connectivity index (χ4n) is 1.56. The highest BCUT2D eigenvalue weighted by molar-refractivity contribution is 5.38. The van der Waals surface area contributed by atoms with Crippen LogP contribution >= 0.6 is 0 Å². The number of pyridine rings is 1. The summed E-state index contributed by atoms with van der Waals surface area (Å²) in [5.74, 6) is 1.38. The third-order valence-corrected chi connectivity index (χ3v) is 2.65. The second kappa shape index (κ2) is 5.34. The fraction of sp³-hybridized carbons (Fsp3) is 0.214. The van der Waals surface area contributed by atoms with Crippen LogP contribution in [-0.4, -0.2) is 4.98 Å². The van der Waals surface area contributed by atoms with Crippen LogP contribution in [-0.2, 0) is 13.0 Å². The van der Waals surface area contributed by atoms with Gasteiger partial charge in [-0.25, -0.2) is 4.98 Å². The lowest BCUT2D eigenvalue weighted by Crippen LogP contribution is -2.01. The van der Waals surface area contributed by atoms with Gasteiger partial charge < -0.3 is 10.5 Å². The van der Waals surface area contributed by atoms with Gasteiger partial charge in [-0.15, -0.1) is 0 Å². The van der Waals surface area contributed by atoms with Gasteiger partial charge in [0.05, 0.1) is 0 Å². The van der Waals surface area contributed by atoms with Crippen molar-refractivity contribution in [3.05, 3.63) is 53.7 Å². The number of anilines is 1. The molecule has 0 bridgehead atoms. The van der Waals surface area contributed by atoms with Gasteiger partial charge in [0, 0.05) is 11.8 Å². The number of nitrogens with zero attached hydrogens (tertiary/aromatic N) is 1. The van der Waals surface area contributed by atoms with E-state index < -0.39 is 0 Å². The Morgan fingerprint density at radius 3 is 2.59 bits per heavy atom. The number of hydrogen-bond acceptors (Lipinski definition) is 3. The van der Waals surface area contributed by atoms with E-state index >= 15 is 0 Å². The number of aromatic nitrogens is 1. The molecule has 3 nitrogen and oxygen atoms in total. The minimum atomic E-state index is 0.450. The largest absolute Gasteiger partial charge is 0.489 e. The standard InChI is InChI=1S/C14H16N2O/c1-2-11-5-7-13(8-6-11)17-10-12-4-3-9-16-14(12)15/h3-9H,2,10H2,1H3,(H2,15,16). The van der Waals surface area contributed by atoms with E-state index in [0.717, 1.165) is 17.7 Å². The molecule has 0 radical (unpaired) electrons. The van der Waals surface area contributed by atoms with Crippen LogP contribution in [0.4, 0.5) is 5.82 Å². The summed E-state index contributed by atoms with van der Waals surface area (Å²) in [5.41, 5.74) is 7.95. The molecule has 0 amide bonds. The van der Waals surface area contributed by atoms with E-state index in [1.54, 1.807) is 6.20 Å². The zero-order valence-corrected chi connectivity index (χ0v) is 9.89. The number of hydrogen-bond donors (Lipinski definition) is 1. The first-order valence-corrected chi connectivity index (χ1v) is 5.70. The first kappa shape index (κ1) is 11.5. The van der Waals surface area contributed by atoms with E-state index in [-0.39, 0.29) is 0 Å². The van der Waals surface area contributed by atoms with E-state index in [2.05, 4.69) is 24.0 Å². The molecule has 0 saturated carbocycles. The fourth-order valence-corrected chi connectivity index (χ4v) is 1.56. The van der Waals surface area contributed by atoms with E-state index in [9.17, 15) is 0 Å². The predicted molar refractivity (Wildman–Crippen MR) is 68.8 cm³/mol. The lowest BCUT2D eigenvalue weighted by molar-refractivity contribution is 0.306. The van der Waals surface area contributed by atoms with Crippen LogP contribution < -0.4 is 10.5 Å². The molecule has 0 fully saturated rings. The molecule has 0 aliphatic rings. The summed E-state index contributed by atoms with van der Waals surface area (Å²) < 4.78 is 5.65. The van der Waals surface area contributed by atoms with Crippen LogP contribution in [0.2, 0.25) is 0 Å². The third-order valence-electron chi connectivity index (χ3n) is 2.65. The highest BCUT2D eigenvalue weighted by atomic mass is 16.5. The molecule has 17 heavy (non-hydrogen) atoms. The summed E-state index contributed by atoms with van der Waals surface area (Å²) in [5, 5.41) is 0. The SMILES string of the molecule is CCc1ccc(OCc2cccnc2N)cc1. The summed E-state index contributed by atoms with van der Waals surface area (Å²) in [4.78, 5) is 4.02. The lowest BCUT2D eigenvalue weighted by atomic mass is 10.2. The summed E-state index contributed by atoms with van der Waals surface area (Å²) >= 11 is 0. The van der Waals surface area contributed by atoms with Gasteiger partial charge in [-0.3, -0.25) is 0 Å². The van der Waals surface area contributed by atoms with Gasteiger partial charge in [0.25, 0.3) is 0 Å². The Kier molecular flexibility index (Phi) is 3.60. The Balaban J connectivity index is 2.00. The molecule has 0 saturated heterocycles. The molecule has 1 aromatic carbocycles. The average Bonchev–Trinajstić information content (AvgIpc) is 2.38. The molecule has 3 heteroatoms. The Labute approximate surface area is 101 Å².